The van der Waals surface area contributed by atoms with Crippen LogP contribution in [0.5, 0.6) is 0 Å². The first-order chi connectivity index (χ1) is 10.6. The van der Waals surface area contributed by atoms with Crippen molar-refractivity contribution >= 4 is 5.91 Å². The second kappa shape index (κ2) is 5.84. The van der Waals surface area contributed by atoms with E-state index in [2.05, 4.69) is 10.4 Å². The predicted octanol–water partition coefficient (Wildman–Crippen LogP) is 1.60. The van der Waals surface area contributed by atoms with E-state index in [0.29, 0.717) is 5.69 Å². The summed E-state index contributed by atoms with van der Waals surface area (Å²) in [5.74, 6) is -1.53. The normalized spacial score (nSPS) is 17.1. The van der Waals surface area contributed by atoms with Crippen LogP contribution in [0.4, 0.5) is 8.78 Å². The molecule has 3 N–H and O–H groups in total. The van der Waals surface area contributed by atoms with Crippen molar-refractivity contribution in [3.63, 3.8) is 0 Å². The quantitative estimate of drug-likeness (QED) is 0.904. The zero-order valence-electron chi connectivity index (χ0n) is 11.9. The molecule has 0 saturated heterocycles. The molecule has 1 aromatic carbocycles. The van der Waals surface area contributed by atoms with Crippen LogP contribution in [0.2, 0.25) is 0 Å². The van der Waals surface area contributed by atoms with Crippen molar-refractivity contribution in [3.8, 4) is 5.69 Å². The highest BCUT2D eigenvalue weighted by Gasteiger charge is 2.26. The van der Waals surface area contributed by atoms with Gasteiger partial charge in [-0.3, -0.25) is 4.79 Å². The SMILES string of the molecule is NCC(=O)N[C@@H]1CCCc2c1cnn2-c1cc(F)cc(F)c1. The molecule has 0 bridgehead atoms. The van der Waals surface area contributed by atoms with Crippen LogP contribution in [0.1, 0.15) is 30.1 Å². The topological polar surface area (TPSA) is 72.9 Å². The lowest BCUT2D eigenvalue weighted by atomic mass is 9.93. The summed E-state index contributed by atoms with van der Waals surface area (Å²) in [6, 6.07) is 3.13. The highest BCUT2D eigenvalue weighted by Crippen LogP contribution is 2.31. The molecule has 5 nitrogen and oxygen atoms in total. The number of aromatic nitrogens is 2. The molecule has 1 atom stereocenters. The Morgan fingerprint density at radius 1 is 1.36 bits per heavy atom. The lowest BCUT2D eigenvalue weighted by Gasteiger charge is -2.24. The second-order valence-corrected chi connectivity index (χ2v) is 5.30. The highest BCUT2D eigenvalue weighted by atomic mass is 19.1. The molecule has 0 radical (unpaired) electrons. The predicted molar refractivity (Wildman–Crippen MR) is 76.4 cm³/mol. The van der Waals surface area contributed by atoms with Crippen molar-refractivity contribution in [1.82, 2.24) is 15.1 Å². The molecule has 7 heteroatoms. The summed E-state index contributed by atoms with van der Waals surface area (Å²) in [5, 5.41) is 7.08. The van der Waals surface area contributed by atoms with E-state index in [0.717, 1.165) is 36.6 Å². The molecule has 1 aromatic heterocycles. The van der Waals surface area contributed by atoms with Gasteiger partial charge in [0, 0.05) is 17.3 Å². The molecule has 116 valence electrons. The Bertz CT molecular complexity index is 693. The Hall–Kier alpha value is -2.28. The maximum absolute atomic E-state index is 13.4. The van der Waals surface area contributed by atoms with Crippen LogP contribution in [0, 0.1) is 11.6 Å². The number of amides is 1. The number of nitrogens with zero attached hydrogens (tertiary/aromatic N) is 2. The number of halogens is 2. The van der Waals surface area contributed by atoms with Gasteiger partial charge in [0.15, 0.2) is 0 Å². The van der Waals surface area contributed by atoms with Crippen LogP contribution in [0.15, 0.2) is 24.4 Å². The maximum Gasteiger partial charge on any atom is 0.234 e. The van der Waals surface area contributed by atoms with E-state index in [1.54, 1.807) is 6.20 Å². The smallest absolute Gasteiger partial charge is 0.234 e. The van der Waals surface area contributed by atoms with Gasteiger partial charge >= 0.3 is 0 Å². The maximum atomic E-state index is 13.4. The summed E-state index contributed by atoms with van der Waals surface area (Å²) in [6.07, 6.45) is 4.02. The number of hydrogen-bond acceptors (Lipinski definition) is 3. The van der Waals surface area contributed by atoms with Crippen molar-refractivity contribution in [2.45, 2.75) is 25.3 Å². The zero-order valence-corrected chi connectivity index (χ0v) is 11.9. The second-order valence-electron chi connectivity index (χ2n) is 5.30. The fraction of sp³-hybridized carbons (Fsp3) is 0.333. The van der Waals surface area contributed by atoms with E-state index in [1.807, 2.05) is 0 Å². The third kappa shape index (κ3) is 2.71. The van der Waals surface area contributed by atoms with Crippen molar-refractivity contribution < 1.29 is 13.6 Å². The molecular weight excluding hydrogens is 290 g/mol. The monoisotopic (exact) mass is 306 g/mol. The Balaban J connectivity index is 1.98. The first-order valence-corrected chi connectivity index (χ1v) is 7.11. The van der Waals surface area contributed by atoms with Gasteiger partial charge in [-0.15, -0.1) is 0 Å². The largest absolute Gasteiger partial charge is 0.348 e. The molecule has 0 spiro atoms. The van der Waals surface area contributed by atoms with Crippen LogP contribution < -0.4 is 11.1 Å². The number of nitrogens with two attached hydrogens (primary N) is 1. The fourth-order valence-corrected chi connectivity index (χ4v) is 2.84. The Morgan fingerprint density at radius 3 is 2.77 bits per heavy atom. The summed E-state index contributed by atoms with van der Waals surface area (Å²) in [4.78, 5) is 11.5. The number of benzene rings is 1. The van der Waals surface area contributed by atoms with E-state index < -0.39 is 11.6 Å². The number of rotatable bonds is 3. The first kappa shape index (κ1) is 14.6. The minimum absolute atomic E-state index is 0.0743. The standard InChI is InChI=1S/C15H16F2N4O/c16-9-4-10(17)6-11(5-9)21-14-3-1-2-13(12(14)8-19-21)20-15(22)7-18/h4-6,8,13H,1-3,7,18H2,(H,20,22)/t13-/m1/s1. The third-order valence-corrected chi connectivity index (χ3v) is 3.80. The molecule has 3 rings (SSSR count). The molecule has 1 heterocycles. The minimum Gasteiger partial charge on any atom is -0.348 e. The number of nitrogens with one attached hydrogen (secondary N) is 1. The van der Waals surface area contributed by atoms with Gasteiger partial charge in [0.25, 0.3) is 0 Å². The number of fused-ring (bicyclic) bond motifs is 1. The molecule has 0 unspecified atom stereocenters. The summed E-state index contributed by atoms with van der Waals surface area (Å²) in [6.45, 7) is -0.0743. The van der Waals surface area contributed by atoms with Gasteiger partial charge in [-0.2, -0.15) is 5.10 Å². The third-order valence-electron chi connectivity index (χ3n) is 3.80. The number of carbonyl (C=O) groups is 1. The summed E-state index contributed by atoms with van der Waals surface area (Å²) >= 11 is 0. The zero-order chi connectivity index (χ0) is 15.7. The van der Waals surface area contributed by atoms with Crippen LogP contribution in [-0.2, 0) is 11.2 Å². The van der Waals surface area contributed by atoms with E-state index in [9.17, 15) is 13.6 Å². The summed E-state index contributed by atoms with van der Waals surface area (Å²) in [7, 11) is 0. The molecule has 0 fully saturated rings. The van der Waals surface area contributed by atoms with Crippen molar-refractivity contribution in [2.75, 3.05) is 6.54 Å². The minimum atomic E-state index is -0.650. The van der Waals surface area contributed by atoms with Crippen molar-refractivity contribution in [3.05, 3.63) is 47.3 Å². The van der Waals surface area contributed by atoms with E-state index in [4.69, 9.17) is 5.73 Å². The average molecular weight is 306 g/mol. The van der Waals surface area contributed by atoms with Crippen LogP contribution >= 0.6 is 0 Å². The number of hydrogen-bond donors (Lipinski definition) is 2. The summed E-state index contributed by atoms with van der Waals surface area (Å²) < 4.78 is 28.3. The lowest BCUT2D eigenvalue weighted by molar-refractivity contribution is -0.120. The first-order valence-electron chi connectivity index (χ1n) is 7.11. The molecule has 0 saturated carbocycles. The highest BCUT2D eigenvalue weighted by molar-refractivity contribution is 5.78. The fourth-order valence-electron chi connectivity index (χ4n) is 2.84. The Kier molecular flexibility index (Phi) is 3.89. The van der Waals surface area contributed by atoms with Crippen LogP contribution in [0.25, 0.3) is 5.69 Å². The van der Waals surface area contributed by atoms with Crippen molar-refractivity contribution in [2.24, 2.45) is 5.73 Å². The number of carbonyl (C=O) groups excluding carboxylic acids is 1. The van der Waals surface area contributed by atoms with E-state index in [1.165, 1.54) is 16.8 Å². The molecule has 0 aliphatic heterocycles. The van der Waals surface area contributed by atoms with Crippen LogP contribution in [0.3, 0.4) is 0 Å². The molecule has 2 aromatic rings. The Labute approximate surface area is 126 Å². The molecular formula is C15H16F2N4O. The van der Waals surface area contributed by atoms with Gasteiger partial charge in [0.05, 0.1) is 24.5 Å². The van der Waals surface area contributed by atoms with Gasteiger partial charge in [-0.05, 0) is 31.4 Å². The van der Waals surface area contributed by atoms with Gasteiger partial charge < -0.3 is 11.1 Å². The van der Waals surface area contributed by atoms with Gasteiger partial charge in [-0.25, -0.2) is 13.5 Å². The van der Waals surface area contributed by atoms with E-state index in [-0.39, 0.29) is 18.5 Å². The van der Waals surface area contributed by atoms with E-state index >= 15 is 0 Å². The lowest BCUT2D eigenvalue weighted by Crippen LogP contribution is -2.35. The molecule has 1 aliphatic carbocycles. The summed E-state index contributed by atoms with van der Waals surface area (Å²) in [5.41, 5.74) is 7.39. The van der Waals surface area contributed by atoms with Gasteiger partial charge in [-0.1, -0.05) is 0 Å². The van der Waals surface area contributed by atoms with Crippen LogP contribution in [-0.4, -0.2) is 22.2 Å². The van der Waals surface area contributed by atoms with Gasteiger partial charge in [0.2, 0.25) is 5.91 Å². The molecule has 1 amide bonds. The molecule has 1 aliphatic rings. The van der Waals surface area contributed by atoms with Crippen molar-refractivity contribution in [1.29, 1.82) is 0 Å². The Morgan fingerprint density at radius 2 is 2.09 bits per heavy atom. The average Bonchev–Trinajstić information content (AvgIpc) is 2.91. The molecule has 22 heavy (non-hydrogen) atoms. The van der Waals surface area contributed by atoms with Gasteiger partial charge in [0.1, 0.15) is 11.6 Å².